The van der Waals surface area contributed by atoms with Gasteiger partial charge in [0.15, 0.2) is 0 Å². The fourth-order valence-corrected chi connectivity index (χ4v) is 4.20. The lowest BCUT2D eigenvalue weighted by Gasteiger charge is -2.46. The molecule has 0 aromatic carbocycles. The molecule has 2 aromatic heterocycles. The quantitative estimate of drug-likeness (QED) is 0.742. The van der Waals surface area contributed by atoms with Crippen LogP contribution in [0.25, 0.3) is 11.0 Å². The summed E-state index contributed by atoms with van der Waals surface area (Å²) < 4.78 is 1.63. The van der Waals surface area contributed by atoms with E-state index in [1.54, 1.807) is 23.9 Å². The Morgan fingerprint density at radius 3 is 2.74 bits per heavy atom. The summed E-state index contributed by atoms with van der Waals surface area (Å²) in [6, 6.07) is 6.83. The highest BCUT2D eigenvalue weighted by molar-refractivity contribution is 5.89. The summed E-state index contributed by atoms with van der Waals surface area (Å²) in [6.07, 6.45) is 2.91. The maximum absolute atomic E-state index is 12.4. The van der Waals surface area contributed by atoms with Crippen LogP contribution in [0.3, 0.4) is 0 Å². The minimum absolute atomic E-state index is 0. The smallest absolute Gasteiger partial charge is 0.253 e. The first-order valence-corrected chi connectivity index (χ1v) is 8.81. The Labute approximate surface area is 178 Å². The topological polar surface area (TPSA) is 53.4 Å². The fourth-order valence-electron chi connectivity index (χ4n) is 4.20. The van der Waals surface area contributed by atoms with Gasteiger partial charge in [-0.25, -0.2) is 4.98 Å². The van der Waals surface area contributed by atoms with Crippen LogP contribution in [0.15, 0.2) is 29.2 Å². The Bertz CT molecular complexity index is 815. The van der Waals surface area contributed by atoms with Crippen molar-refractivity contribution < 1.29 is 0 Å². The standard InChI is InChI=1S/C18H25N5O.3ClH/c1-13-11-22(12-14-5-7-19-8-9-23(13)14)16-10-17(24)21(2)18-15(16)4-3-6-20-18;;;/h3-4,6,10,13-14,19H,5,7-9,11-12H2,1-2H3;3*1H/t13-,14+;;;/m1.../s1. The number of anilines is 1. The second-order valence-electron chi connectivity index (χ2n) is 6.99. The van der Waals surface area contributed by atoms with Crippen molar-refractivity contribution in [2.75, 3.05) is 37.6 Å². The molecule has 9 heteroatoms. The molecule has 4 rings (SSSR count). The minimum atomic E-state index is 0. The monoisotopic (exact) mass is 435 g/mol. The molecule has 27 heavy (non-hydrogen) atoms. The zero-order chi connectivity index (χ0) is 16.7. The summed E-state index contributed by atoms with van der Waals surface area (Å²) in [7, 11) is 1.79. The van der Waals surface area contributed by atoms with Gasteiger partial charge in [0.25, 0.3) is 5.56 Å². The van der Waals surface area contributed by atoms with Gasteiger partial charge in [-0.2, -0.15) is 0 Å². The third kappa shape index (κ3) is 4.51. The molecule has 0 amide bonds. The molecule has 0 spiro atoms. The number of fused-ring (bicyclic) bond motifs is 2. The van der Waals surface area contributed by atoms with Gasteiger partial charge < -0.3 is 10.2 Å². The van der Waals surface area contributed by atoms with Crippen molar-refractivity contribution >= 4 is 53.9 Å². The molecule has 0 unspecified atom stereocenters. The molecule has 2 aliphatic rings. The van der Waals surface area contributed by atoms with Crippen molar-refractivity contribution in [3.63, 3.8) is 0 Å². The number of halogens is 3. The summed E-state index contributed by atoms with van der Waals surface area (Å²) in [5.41, 5.74) is 1.80. The van der Waals surface area contributed by atoms with Gasteiger partial charge in [0.1, 0.15) is 5.65 Å². The zero-order valence-electron chi connectivity index (χ0n) is 15.6. The van der Waals surface area contributed by atoms with Gasteiger partial charge >= 0.3 is 0 Å². The van der Waals surface area contributed by atoms with Crippen LogP contribution in [-0.4, -0.2) is 59.3 Å². The molecule has 2 aromatic rings. The first-order valence-electron chi connectivity index (χ1n) is 8.81. The van der Waals surface area contributed by atoms with Crippen LogP contribution in [0.2, 0.25) is 0 Å². The Kier molecular flexibility index (Phi) is 8.83. The highest BCUT2D eigenvalue weighted by Crippen LogP contribution is 2.28. The Morgan fingerprint density at radius 2 is 1.96 bits per heavy atom. The van der Waals surface area contributed by atoms with Crippen LogP contribution < -0.4 is 15.8 Å². The molecule has 2 aliphatic heterocycles. The van der Waals surface area contributed by atoms with E-state index in [4.69, 9.17) is 0 Å². The van der Waals surface area contributed by atoms with Gasteiger partial charge in [-0.15, -0.1) is 37.2 Å². The molecule has 2 saturated heterocycles. The number of aryl methyl sites for hydroxylation is 1. The molecule has 2 fully saturated rings. The maximum atomic E-state index is 12.4. The Morgan fingerprint density at radius 1 is 1.19 bits per heavy atom. The fraction of sp³-hybridized carbons (Fsp3) is 0.556. The molecule has 0 radical (unpaired) electrons. The average molecular weight is 437 g/mol. The van der Waals surface area contributed by atoms with Gasteiger partial charge in [-0.1, -0.05) is 0 Å². The SMILES string of the molecule is C[C@@H]1CN(c2cc(=O)n(C)c3ncccc23)C[C@@H]2CCNCCN21.Cl.Cl.Cl. The van der Waals surface area contributed by atoms with Gasteiger partial charge in [0.05, 0.1) is 5.69 Å². The van der Waals surface area contributed by atoms with E-state index in [2.05, 4.69) is 33.1 Å². The number of piperazine rings is 1. The lowest BCUT2D eigenvalue weighted by atomic mass is 10.0. The van der Waals surface area contributed by atoms with E-state index >= 15 is 0 Å². The number of pyridine rings is 2. The number of rotatable bonds is 1. The Hall–Kier alpha value is -1.05. The van der Waals surface area contributed by atoms with Gasteiger partial charge in [-0.05, 0) is 32.0 Å². The number of nitrogens with one attached hydrogen (secondary N) is 1. The van der Waals surface area contributed by atoms with Crippen LogP contribution in [-0.2, 0) is 7.05 Å². The molecule has 6 nitrogen and oxygen atoms in total. The van der Waals surface area contributed by atoms with Crippen LogP contribution in [0.4, 0.5) is 5.69 Å². The molecule has 1 N–H and O–H groups in total. The predicted octanol–water partition coefficient (Wildman–Crippen LogP) is 2.07. The van der Waals surface area contributed by atoms with E-state index in [9.17, 15) is 4.79 Å². The molecule has 4 heterocycles. The summed E-state index contributed by atoms with van der Waals surface area (Å²) in [5.74, 6) is 0. The van der Waals surface area contributed by atoms with Crippen molar-refractivity contribution in [2.45, 2.75) is 25.4 Å². The Balaban J connectivity index is 0.00000121. The number of nitrogens with zero attached hydrogens (tertiary/aromatic N) is 4. The van der Waals surface area contributed by atoms with Crippen LogP contribution in [0.5, 0.6) is 0 Å². The number of hydrogen-bond donors (Lipinski definition) is 1. The minimum Gasteiger partial charge on any atom is -0.368 e. The van der Waals surface area contributed by atoms with Gasteiger partial charge in [0, 0.05) is 63.0 Å². The molecule has 2 atom stereocenters. The molecular formula is C18H28Cl3N5O. The zero-order valence-corrected chi connectivity index (χ0v) is 18.1. The number of hydrogen-bond acceptors (Lipinski definition) is 5. The van der Waals surface area contributed by atoms with E-state index in [0.717, 1.165) is 55.9 Å². The summed E-state index contributed by atoms with van der Waals surface area (Å²) in [6.45, 7) is 7.47. The second kappa shape index (κ2) is 9.94. The summed E-state index contributed by atoms with van der Waals surface area (Å²) in [4.78, 5) is 21.8. The van der Waals surface area contributed by atoms with Crippen molar-refractivity contribution in [1.29, 1.82) is 0 Å². The second-order valence-corrected chi connectivity index (χ2v) is 6.99. The first kappa shape index (κ1) is 24.0. The van der Waals surface area contributed by atoms with Crippen LogP contribution >= 0.6 is 37.2 Å². The largest absolute Gasteiger partial charge is 0.368 e. The first-order chi connectivity index (χ1) is 11.6. The van der Waals surface area contributed by atoms with Crippen LogP contribution in [0, 0.1) is 0 Å². The third-order valence-electron chi connectivity index (χ3n) is 5.46. The van der Waals surface area contributed by atoms with Crippen molar-refractivity contribution in [3.05, 3.63) is 34.7 Å². The normalized spacial score (nSPS) is 22.7. The highest BCUT2D eigenvalue weighted by Gasteiger charge is 2.33. The molecular weight excluding hydrogens is 409 g/mol. The number of aromatic nitrogens is 2. The van der Waals surface area contributed by atoms with Crippen molar-refractivity contribution in [2.24, 2.45) is 7.05 Å². The average Bonchev–Trinajstić information content (AvgIpc) is 2.84. The highest BCUT2D eigenvalue weighted by atomic mass is 35.5. The van der Waals surface area contributed by atoms with E-state index < -0.39 is 0 Å². The molecule has 152 valence electrons. The van der Waals surface area contributed by atoms with Crippen LogP contribution in [0.1, 0.15) is 13.3 Å². The van der Waals surface area contributed by atoms with Gasteiger partial charge in [-0.3, -0.25) is 14.3 Å². The lowest BCUT2D eigenvalue weighted by molar-refractivity contribution is 0.129. The molecule has 0 aliphatic carbocycles. The van der Waals surface area contributed by atoms with E-state index in [-0.39, 0.29) is 42.8 Å². The van der Waals surface area contributed by atoms with E-state index in [1.165, 1.54) is 0 Å². The van der Waals surface area contributed by atoms with E-state index in [0.29, 0.717) is 12.1 Å². The molecule has 0 bridgehead atoms. The third-order valence-corrected chi connectivity index (χ3v) is 5.46. The predicted molar refractivity (Wildman–Crippen MR) is 118 cm³/mol. The van der Waals surface area contributed by atoms with Crippen molar-refractivity contribution in [1.82, 2.24) is 19.8 Å². The maximum Gasteiger partial charge on any atom is 0.253 e. The summed E-state index contributed by atoms with van der Waals surface area (Å²) >= 11 is 0. The summed E-state index contributed by atoms with van der Waals surface area (Å²) in [5, 5.41) is 4.56. The van der Waals surface area contributed by atoms with Gasteiger partial charge in [0.2, 0.25) is 0 Å². The lowest BCUT2D eigenvalue weighted by Crippen LogP contribution is -2.58. The van der Waals surface area contributed by atoms with E-state index in [1.807, 2.05) is 6.07 Å². The molecule has 0 saturated carbocycles. The van der Waals surface area contributed by atoms with Crippen molar-refractivity contribution in [3.8, 4) is 0 Å².